The van der Waals surface area contributed by atoms with Crippen molar-refractivity contribution in [1.29, 1.82) is 0 Å². The monoisotopic (exact) mass is 787 g/mol. The number of nitrogens with zero attached hydrogens (tertiary/aromatic N) is 7. The number of carbonyl (C=O) groups is 2. The molecule has 0 aliphatic rings. The standard InChI is InChI=1S/C24H22N4O2.C22H16ClN3O2/c1-16-7-6-8-18(26-16)14-28-15-20(24(30)19-9-4-5-10-21(19)28)23(29)17-11-12-22(25-13-17)27(2)3;1-14-5-4-6-16(25-14)12-26-13-18(21(27)15-9-10-20(23)24-11-15)22(28)17-7-2-3-8-19(17)26/h4-13,15H,14H2,1-3H3;2-11,13H,12H2,1H3. The van der Waals surface area contributed by atoms with Crippen LogP contribution in [-0.4, -0.2) is 54.7 Å². The first kappa shape index (κ1) is 39.1. The Morgan fingerprint density at radius 3 is 1.47 bits per heavy atom. The summed E-state index contributed by atoms with van der Waals surface area (Å²) in [5.41, 5.74) is 5.39. The van der Waals surface area contributed by atoms with Gasteiger partial charge in [0, 0.05) is 72.2 Å². The highest BCUT2D eigenvalue weighted by Crippen LogP contribution is 2.19. The second kappa shape index (κ2) is 16.9. The molecule has 0 aliphatic carbocycles. The molecule has 0 spiro atoms. The summed E-state index contributed by atoms with van der Waals surface area (Å²) in [7, 11) is 3.76. The van der Waals surface area contributed by atoms with Gasteiger partial charge in [0.1, 0.15) is 11.0 Å². The lowest BCUT2D eigenvalue weighted by Crippen LogP contribution is -2.20. The second-order valence-corrected chi connectivity index (χ2v) is 14.3. The number of hydrogen-bond acceptors (Lipinski definition) is 9. The van der Waals surface area contributed by atoms with E-state index in [0.29, 0.717) is 35.0 Å². The van der Waals surface area contributed by atoms with Crippen molar-refractivity contribution in [2.24, 2.45) is 0 Å². The van der Waals surface area contributed by atoms with Gasteiger partial charge in [-0.2, -0.15) is 0 Å². The van der Waals surface area contributed by atoms with E-state index in [-0.39, 0.29) is 38.7 Å². The number of hydrogen-bond donors (Lipinski definition) is 0. The van der Waals surface area contributed by atoms with Crippen LogP contribution < -0.4 is 15.8 Å². The third-order valence-electron chi connectivity index (χ3n) is 9.48. The molecular formula is C46H38ClN7O4. The molecule has 0 fully saturated rings. The van der Waals surface area contributed by atoms with Crippen LogP contribution in [0.1, 0.15) is 54.6 Å². The number of ketones is 2. The van der Waals surface area contributed by atoms with E-state index in [1.165, 1.54) is 18.5 Å². The summed E-state index contributed by atoms with van der Waals surface area (Å²) in [4.78, 5) is 71.4. The van der Waals surface area contributed by atoms with Gasteiger partial charge in [0.25, 0.3) is 0 Å². The van der Waals surface area contributed by atoms with E-state index in [4.69, 9.17) is 11.6 Å². The number of benzene rings is 2. The summed E-state index contributed by atoms with van der Waals surface area (Å²) in [5, 5.41) is 1.29. The Labute approximate surface area is 338 Å². The number of halogens is 1. The van der Waals surface area contributed by atoms with E-state index < -0.39 is 0 Å². The molecule has 0 unspecified atom stereocenters. The fraction of sp³-hybridized carbons (Fsp3) is 0.130. The normalized spacial score (nSPS) is 10.9. The van der Waals surface area contributed by atoms with Crippen molar-refractivity contribution in [2.45, 2.75) is 26.9 Å². The van der Waals surface area contributed by atoms with Crippen molar-refractivity contribution >= 4 is 50.8 Å². The smallest absolute Gasteiger partial charge is 0.200 e. The minimum absolute atomic E-state index is 0.0930. The Hall–Kier alpha value is -7.11. The fourth-order valence-corrected chi connectivity index (χ4v) is 6.72. The van der Waals surface area contributed by atoms with Crippen LogP contribution in [0.5, 0.6) is 0 Å². The predicted molar refractivity (Wildman–Crippen MR) is 227 cm³/mol. The number of para-hydroxylation sites is 2. The van der Waals surface area contributed by atoms with Crippen molar-refractivity contribution in [1.82, 2.24) is 29.1 Å². The minimum Gasteiger partial charge on any atom is -0.363 e. The van der Waals surface area contributed by atoms with E-state index in [1.807, 2.05) is 103 Å². The maximum absolute atomic E-state index is 13.2. The van der Waals surface area contributed by atoms with E-state index in [1.54, 1.807) is 54.9 Å². The Bertz CT molecular complexity index is 2940. The van der Waals surface area contributed by atoms with Crippen LogP contribution in [0.4, 0.5) is 5.82 Å². The Morgan fingerprint density at radius 2 is 1.05 bits per heavy atom. The molecule has 0 atom stereocenters. The fourth-order valence-electron chi connectivity index (χ4n) is 6.61. The van der Waals surface area contributed by atoms with Crippen molar-refractivity contribution in [3.63, 3.8) is 0 Å². The number of pyridine rings is 6. The summed E-state index contributed by atoms with van der Waals surface area (Å²) in [6.45, 7) is 4.77. The first-order valence-corrected chi connectivity index (χ1v) is 18.8. The van der Waals surface area contributed by atoms with Gasteiger partial charge in [0.15, 0.2) is 11.6 Å². The predicted octanol–water partition coefficient (Wildman–Crippen LogP) is 7.48. The highest BCUT2D eigenvalue weighted by atomic mass is 35.5. The Morgan fingerprint density at radius 1 is 0.586 bits per heavy atom. The van der Waals surface area contributed by atoms with Crippen LogP contribution in [-0.2, 0) is 13.1 Å². The van der Waals surface area contributed by atoms with E-state index >= 15 is 0 Å². The Kier molecular flexibility index (Phi) is 11.4. The SMILES string of the molecule is Cc1cccc(Cn2cc(C(=O)c3ccc(Cl)nc3)c(=O)c3ccccc32)n1.Cc1cccc(Cn2cc(C(=O)c3ccc(N(C)C)nc3)c(=O)c3ccccc32)n1. The number of anilines is 1. The topological polar surface area (TPSA) is 133 Å². The van der Waals surface area contributed by atoms with Crippen molar-refractivity contribution < 1.29 is 9.59 Å². The molecule has 0 N–H and O–H groups in total. The lowest BCUT2D eigenvalue weighted by molar-refractivity contribution is 0.102. The molecule has 288 valence electrons. The lowest BCUT2D eigenvalue weighted by atomic mass is 10.0. The van der Waals surface area contributed by atoms with Crippen LogP contribution in [0, 0.1) is 13.8 Å². The summed E-state index contributed by atoms with van der Waals surface area (Å²) in [5.74, 6) is 0.0216. The van der Waals surface area contributed by atoms with Gasteiger partial charge in [-0.3, -0.25) is 29.1 Å². The molecule has 0 saturated heterocycles. The molecule has 0 aliphatic heterocycles. The highest BCUT2D eigenvalue weighted by Gasteiger charge is 2.19. The molecule has 0 radical (unpaired) electrons. The van der Waals surface area contributed by atoms with E-state index in [0.717, 1.165) is 39.6 Å². The molecule has 58 heavy (non-hydrogen) atoms. The molecule has 2 aromatic carbocycles. The van der Waals surface area contributed by atoms with Crippen LogP contribution in [0.3, 0.4) is 0 Å². The first-order chi connectivity index (χ1) is 28.0. The maximum Gasteiger partial charge on any atom is 0.200 e. The molecular weight excluding hydrogens is 750 g/mol. The molecule has 8 rings (SSSR count). The number of aryl methyl sites for hydroxylation is 2. The number of carbonyl (C=O) groups excluding carboxylic acids is 2. The molecule has 8 aromatic rings. The quantitative estimate of drug-likeness (QED) is 0.108. The molecule has 0 bridgehead atoms. The number of rotatable bonds is 9. The summed E-state index contributed by atoms with van der Waals surface area (Å²) >= 11 is 5.80. The van der Waals surface area contributed by atoms with Crippen LogP contribution in [0.25, 0.3) is 21.8 Å². The van der Waals surface area contributed by atoms with Gasteiger partial charge in [-0.15, -0.1) is 0 Å². The van der Waals surface area contributed by atoms with Gasteiger partial charge in [-0.1, -0.05) is 48.0 Å². The highest BCUT2D eigenvalue weighted by molar-refractivity contribution is 6.29. The average molecular weight is 788 g/mol. The van der Waals surface area contributed by atoms with Crippen molar-refractivity contribution in [2.75, 3.05) is 19.0 Å². The van der Waals surface area contributed by atoms with Gasteiger partial charge >= 0.3 is 0 Å². The molecule has 6 heterocycles. The van der Waals surface area contributed by atoms with Gasteiger partial charge in [0.2, 0.25) is 10.9 Å². The van der Waals surface area contributed by atoms with E-state index in [9.17, 15) is 19.2 Å². The van der Waals surface area contributed by atoms with Gasteiger partial charge < -0.3 is 14.0 Å². The lowest BCUT2D eigenvalue weighted by Gasteiger charge is -2.14. The molecule has 0 saturated carbocycles. The van der Waals surface area contributed by atoms with Crippen LogP contribution in [0.2, 0.25) is 5.15 Å². The second-order valence-electron chi connectivity index (χ2n) is 13.9. The zero-order chi connectivity index (χ0) is 40.9. The largest absolute Gasteiger partial charge is 0.363 e. The molecule has 11 nitrogen and oxygen atoms in total. The van der Waals surface area contributed by atoms with Gasteiger partial charge in [-0.25, -0.2) is 9.97 Å². The van der Waals surface area contributed by atoms with Gasteiger partial charge in [-0.05, 0) is 86.6 Å². The van der Waals surface area contributed by atoms with Crippen LogP contribution in [0.15, 0.2) is 144 Å². The first-order valence-electron chi connectivity index (χ1n) is 18.4. The molecule has 6 aromatic heterocycles. The van der Waals surface area contributed by atoms with Gasteiger partial charge in [0.05, 0.1) is 46.6 Å². The third kappa shape index (κ3) is 8.49. The third-order valence-corrected chi connectivity index (χ3v) is 9.70. The Balaban J connectivity index is 0.000000177. The van der Waals surface area contributed by atoms with Crippen molar-refractivity contribution in [3.8, 4) is 0 Å². The van der Waals surface area contributed by atoms with E-state index in [2.05, 4.69) is 19.9 Å². The molecule has 12 heteroatoms. The van der Waals surface area contributed by atoms with Crippen LogP contribution >= 0.6 is 11.6 Å². The summed E-state index contributed by atoms with van der Waals surface area (Å²) < 4.78 is 3.79. The minimum atomic E-state index is -0.383. The summed E-state index contributed by atoms with van der Waals surface area (Å²) in [6.07, 6.45) is 6.13. The average Bonchev–Trinajstić information content (AvgIpc) is 3.23. The van der Waals surface area contributed by atoms with Crippen molar-refractivity contribution in [3.05, 3.63) is 205 Å². The maximum atomic E-state index is 13.2. The number of fused-ring (bicyclic) bond motifs is 2. The zero-order valence-electron chi connectivity index (χ0n) is 32.3. The number of aromatic nitrogens is 6. The summed E-state index contributed by atoms with van der Waals surface area (Å²) in [6, 6.07) is 32.8. The molecule has 0 amide bonds. The zero-order valence-corrected chi connectivity index (χ0v) is 33.0.